The molecule has 1 rings (SSSR count). The molecule has 0 radical (unpaired) electrons. The standard InChI is InChI=1S/C14H24N4/c1-5-6-11(3)18-9-10(2)17-14(12(18)4)13(7-15)8-16/h5-8,10,12,14-15,17H,3,9,16H2,1-2,4H3/b6-5-,13-8+,15-7?. The summed E-state index contributed by atoms with van der Waals surface area (Å²) in [6.45, 7) is 11.3. The minimum absolute atomic E-state index is 0.0678. The van der Waals surface area contributed by atoms with Crippen molar-refractivity contribution >= 4 is 6.21 Å². The molecule has 4 nitrogen and oxygen atoms in total. The minimum atomic E-state index is 0.0678. The van der Waals surface area contributed by atoms with E-state index in [1.807, 2.05) is 19.1 Å². The largest absolute Gasteiger partial charge is 0.404 e. The van der Waals surface area contributed by atoms with Crippen molar-refractivity contribution in [2.24, 2.45) is 5.73 Å². The first-order valence-corrected chi connectivity index (χ1v) is 6.31. The van der Waals surface area contributed by atoms with Crippen molar-refractivity contribution in [3.8, 4) is 0 Å². The molecule has 0 bridgehead atoms. The number of rotatable bonds is 4. The lowest BCUT2D eigenvalue weighted by molar-refractivity contribution is 0.164. The van der Waals surface area contributed by atoms with Gasteiger partial charge in [-0.2, -0.15) is 0 Å². The molecule has 100 valence electrons. The maximum absolute atomic E-state index is 7.44. The summed E-state index contributed by atoms with van der Waals surface area (Å²) in [4.78, 5) is 2.26. The van der Waals surface area contributed by atoms with Crippen LogP contribution >= 0.6 is 0 Å². The Morgan fingerprint density at radius 2 is 2.17 bits per heavy atom. The summed E-state index contributed by atoms with van der Waals surface area (Å²) in [7, 11) is 0. The molecule has 1 saturated heterocycles. The van der Waals surface area contributed by atoms with Crippen LogP contribution in [-0.4, -0.2) is 35.8 Å². The predicted octanol–water partition coefficient (Wildman–Crippen LogP) is 1.62. The predicted molar refractivity (Wildman–Crippen MR) is 77.6 cm³/mol. The Balaban J connectivity index is 2.95. The fourth-order valence-electron chi connectivity index (χ4n) is 2.42. The Hall–Kier alpha value is -1.55. The van der Waals surface area contributed by atoms with Gasteiger partial charge in [-0.25, -0.2) is 0 Å². The van der Waals surface area contributed by atoms with E-state index >= 15 is 0 Å². The van der Waals surface area contributed by atoms with Crippen LogP contribution in [0.25, 0.3) is 0 Å². The lowest BCUT2D eigenvalue weighted by atomic mass is 9.95. The van der Waals surface area contributed by atoms with Gasteiger partial charge in [-0.15, -0.1) is 0 Å². The van der Waals surface area contributed by atoms with Crippen molar-refractivity contribution in [1.82, 2.24) is 10.2 Å². The van der Waals surface area contributed by atoms with Gasteiger partial charge in [0, 0.05) is 42.3 Å². The number of nitrogens with zero attached hydrogens (tertiary/aromatic N) is 1. The molecule has 1 aliphatic heterocycles. The van der Waals surface area contributed by atoms with E-state index in [1.54, 1.807) is 0 Å². The highest BCUT2D eigenvalue weighted by Gasteiger charge is 2.32. The van der Waals surface area contributed by atoms with Crippen molar-refractivity contribution in [3.63, 3.8) is 0 Å². The fraction of sp³-hybridized carbons (Fsp3) is 0.500. The molecule has 3 atom stereocenters. The Bertz CT molecular complexity index is 370. The van der Waals surface area contributed by atoms with Crippen LogP contribution < -0.4 is 11.1 Å². The summed E-state index contributed by atoms with van der Waals surface area (Å²) in [5, 5.41) is 10.9. The van der Waals surface area contributed by atoms with Crippen LogP contribution in [0.4, 0.5) is 0 Å². The van der Waals surface area contributed by atoms with E-state index in [9.17, 15) is 0 Å². The van der Waals surface area contributed by atoms with Gasteiger partial charge in [-0.1, -0.05) is 12.7 Å². The van der Waals surface area contributed by atoms with Gasteiger partial charge in [0.15, 0.2) is 0 Å². The Morgan fingerprint density at radius 3 is 2.67 bits per heavy atom. The molecule has 18 heavy (non-hydrogen) atoms. The van der Waals surface area contributed by atoms with E-state index in [1.165, 1.54) is 12.4 Å². The summed E-state index contributed by atoms with van der Waals surface area (Å²) < 4.78 is 0. The van der Waals surface area contributed by atoms with Gasteiger partial charge in [0.2, 0.25) is 0 Å². The number of allylic oxidation sites excluding steroid dienone is 2. The van der Waals surface area contributed by atoms with E-state index in [4.69, 9.17) is 11.1 Å². The van der Waals surface area contributed by atoms with E-state index in [0.717, 1.165) is 17.8 Å². The third-order valence-corrected chi connectivity index (χ3v) is 3.35. The third-order valence-electron chi connectivity index (χ3n) is 3.35. The van der Waals surface area contributed by atoms with Gasteiger partial charge >= 0.3 is 0 Å². The maximum Gasteiger partial charge on any atom is 0.0556 e. The Labute approximate surface area is 110 Å². The van der Waals surface area contributed by atoms with Gasteiger partial charge < -0.3 is 21.4 Å². The highest BCUT2D eigenvalue weighted by Crippen LogP contribution is 2.21. The van der Waals surface area contributed by atoms with E-state index in [0.29, 0.717) is 6.04 Å². The molecular formula is C14H24N4. The number of nitrogens with one attached hydrogen (secondary N) is 2. The lowest BCUT2D eigenvalue weighted by Gasteiger charge is -2.45. The van der Waals surface area contributed by atoms with Crippen LogP contribution in [-0.2, 0) is 0 Å². The molecular weight excluding hydrogens is 224 g/mol. The molecule has 0 amide bonds. The monoisotopic (exact) mass is 248 g/mol. The fourth-order valence-corrected chi connectivity index (χ4v) is 2.42. The minimum Gasteiger partial charge on any atom is -0.404 e. The van der Waals surface area contributed by atoms with Crippen molar-refractivity contribution in [2.45, 2.75) is 38.9 Å². The normalized spacial score (nSPS) is 29.6. The quantitative estimate of drug-likeness (QED) is 0.523. The first-order chi connectivity index (χ1) is 8.54. The second-order valence-electron chi connectivity index (χ2n) is 4.74. The van der Waals surface area contributed by atoms with Crippen LogP contribution in [0.5, 0.6) is 0 Å². The van der Waals surface area contributed by atoms with Crippen molar-refractivity contribution in [2.75, 3.05) is 6.54 Å². The smallest absolute Gasteiger partial charge is 0.0556 e. The van der Waals surface area contributed by atoms with E-state index in [2.05, 4.69) is 30.6 Å². The maximum atomic E-state index is 7.44. The molecule has 0 aliphatic carbocycles. The molecule has 4 N–H and O–H groups in total. The topological polar surface area (TPSA) is 65.1 Å². The van der Waals surface area contributed by atoms with Crippen molar-refractivity contribution < 1.29 is 0 Å². The number of nitrogens with two attached hydrogens (primary N) is 1. The van der Waals surface area contributed by atoms with Gasteiger partial charge in [0.25, 0.3) is 0 Å². The SMILES string of the molecule is C=C(/C=C\C)N1CC(C)NC(/C(C=N)=C/N)C1C. The molecule has 0 aromatic carbocycles. The number of hydrogen-bond acceptors (Lipinski definition) is 4. The van der Waals surface area contributed by atoms with Crippen molar-refractivity contribution in [1.29, 1.82) is 5.41 Å². The second-order valence-corrected chi connectivity index (χ2v) is 4.74. The number of hydrogen-bond donors (Lipinski definition) is 3. The Morgan fingerprint density at radius 1 is 1.50 bits per heavy atom. The zero-order valence-corrected chi connectivity index (χ0v) is 11.5. The summed E-state index contributed by atoms with van der Waals surface area (Å²) in [5.74, 6) is 0. The first kappa shape index (κ1) is 14.5. The number of piperazine rings is 1. The average molecular weight is 248 g/mol. The zero-order valence-electron chi connectivity index (χ0n) is 11.5. The Kier molecular flexibility index (Phi) is 5.16. The van der Waals surface area contributed by atoms with Crippen LogP contribution in [0.1, 0.15) is 20.8 Å². The second kappa shape index (κ2) is 6.40. The van der Waals surface area contributed by atoms with E-state index in [-0.39, 0.29) is 12.1 Å². The zero-order chi connectivity index (χ0) is 13.7. The first-order valence-electron chi connectivity index (χ1n) is 6.31. The summed E-state index contributed by atoms with van der Waals surface area (Å²) in [5.41, 5.74) is 7.41. The lowest BCUT2D eigenvalue weighted by Crippen LogP contribution is -2.60. The van der Waals surface area contributed by atoms with E-state index < -0.39 is 0 Å². The third kappa shape index (κ3) is 3.01. The molecule has 0 spiro atoms. The molecule has 1 heterocycles. The molecule has 1 aliphatic rings. The van der Waals surface area contributed by atoms with Crippen LogP contribution in [0.15, 0.2) is 36.2 Å². The molecule has 1 fully saturated rings. The van der Waals surface area contributed by atoms with Crippen LogP contribution in [0, 0.1) is 5.41 Å². The summed E-state index contributed by atoms with van der Waals surface area (Å²) in [6, 6.07) is 0.627. The summed E-state index contributed by atoms with van der Waals surface area (Å²) >= 11 is 0. The van der Waals surface area contributed by atoms with Gasteiger partial charge in [0.1, 0.15) is 0 Å². The van der Waals surface area contributed by atoms with Gasteiger partial charge in [0.05, 0.1) is 6.04 Å². The molecule has 0 aromatic heterocycles. The molecule has 0 saturated carbocycles. The average Bonchev–Trinajstić information content (AvgIpc) is 2.34. The highest BCUT2D eigenvalue weighted by molar-refractivity contribution is 5.77. The molecule has 0 aromatic rings. The van der Waals surface area contributed by atoms with Crippen molar-refractivity contribution in [3.05, 3.63) is 36.2 Å². The van der Waals surface area contributed by atoms with Crippen LogP contribution in [0.3, 0.4) is 0 Å². The summed E-state index contributed by atoms with van der Waals surface area (Å²) in [6.07, 6.45) is 6.84. The van der Waals surface area contributed by atoms with Gasteiger partial charge in [-0.05, 0) is 26.8 Å². The molecule has 4 heteroatoms. The van der Waals surface area contributed by atoms with Crippen LogP contribution in [0.2, 0.25) is 0 Å². The highest BCUT2D eigenvalue weighted by atomic mass is 15.3. The van der Waals surface area contributed by atoms with Gasteiger partial charge in [-0.3, -0.25) is 0 Å². The molecule has 3 unspecified atom stereocenters.